The number of hydrogen-bond donors (Lipinski definition) is 1. The number of guanidine groups is 1. The Labute approximate surface area is 160 Å². The normalized spacial score (nSPS) is 27.4. The van der Waals surface area contributed by atoms with Crippen LogP contribution in [0.15, 0.2) is 4.99 Å². The lowest BCUT2D eigenvalue weighted by molar-refractivity contribution is 0.0772. The van der Waals surface area contributed by atoms with Crippen LogP contribution < -0.4 is 5.32 Å². The van der Waals surface area contributed by atoms with Crippen molar-refractivity contribution in [3.63, 3.8) is 0 Å². The van der Waals surface area contributed by atoms with Crippen LogP contribution in [0, 0.1) is 5.92 Å². The lowest BCUT2D eigenvalue weighted by atomic mass is 9.94. The molecule has 0 bridgehead atoms. The van der Waals surface area contributed by atoms with Crippen LogP contribution in [0.25, 0.3) is 0 Å². The maximum Gasteiger partial charge on any atom is 0.194 e. The molecular formula is C19H38N4O2S. The van der Waals surface area contributed by atoms with Crippen LogP contribution in [0.2, 0.25) is 0 Å². The summed E-state index contributed by atoms with van der Waals surface area (Å²) in [5.74, 6) is 1.78. The second-order valence-electron chi connectivity index (χ2n) is 9.18. The van der Waals surface area contributed by atoms with Crippen molar-refractivity contribution in [2.45, 2.75) is 64.7 Å². The topological polar surface area (TPSA) is 65.0 Å². The maximum atomic E-state index is 12.3. The summed E-state index contributed by atoms with van der Waals surface area (Å²) in [6.45, 7) is 17.3. The summed E-state index contributed by atoms with van der Waals surface area (Å²) in [4.78, 5) is 9.58. The van der Waals surface area contributed by atoms with Gasteiger partial charge < -0.3 is 10.2 Å². The molecule has 0 aromatic rings. The molecule has 2 fully saturated rings. The number of likely N-dealkylation sites (tertiary alicyclic amines) is 1. The summed E-state index contributed by atoms with van der Waals surface area (Å²) in [7, 11) is -3.04. The zero-order chi connectivity index (χ0) is 19.6. The van der Waals surface area contributed by atoms with Gasteiger partial charge in [-0.15, -0.1) is 0 Å². The largest absolute Gasteiger partial charge is 0.357 e. The molecule has 0 saturated carbocycles. The van der Waals surface area contributed by atoms with Gasteiger partial charge in [0.2, 0.25) is 0 Å². The van der Waals surface area contributed by atoms with Gasteiger partial charge in [0, 0.05) is 31.7 Å². The minimum absolute atomic E-state index is 0.00668. The van der Waals surface area contributed by atoms with Gasteiger partial charge >= 0.3 is 0 Å². The molecule has 152 valence electrons. The summed E-state index contributed by atoms with van der Waals surface area (Å²) in [6.07, 6.45) is 2.57. The fourth-order valence-electron chi connectivity index (χ4n) is 3.86. The zero-order valence-electron chi connectivity index (χ0n) is 17.5. The van der Waals surface area contributed by atoms with E-state index in [9.17, 15) is 8.42 Å². The molecule has 1 N–H and O–H groups in total. The van der Waals surface area contributed by atoms with Gasteiger partial charge in [0.05, 0.1) is 17.0 Å². The average molecular weight is 387 g/mol. The second kappa shape index (κ2) is 8.05. The van der Waals surface area contributed by atoms with Crippen LogP contribution in [-0.2, 0) is 9.84 Å². The van der Waals surface area contributed by atoms with Crippen molar-refractivity contribution >= 4 is 15.8 Å². The molecule has 2 saturated heterocycles. The highest BCUT2D eigenvalue weighted by atomic mass is 32.2. The van der Waals surface area contributed by atoms with Crippen LogP contribution in [0.5, 0.6) is 0 Å². The molecule has 1 unspecified atom stereocenters. The Morgan fingerprint density at radius 3 is 2.58 bits per heavy atom. The predicted octanol–water partition coefficient (Wildman–Crippen LogP) is 1.97. The van der Waals surface area contributed by atoms with Crippen LogP contribution in [-0.4, -0.2) is 79.5 Å². The van der Waals surface area contributed by atoms with Gasteiger partial charge in [0.1, 0.15) is 0 Å². The first-order valence-corrected chi connectivity index (χ1v) is 11.6. The van der Waals surface area contributed by atoms with E-state index in [1.807, 2.05) is 13.8 Å². The van der Waals surface area contributed by atoms with Gasteiger partial charge in [-0.2, -0.15) is 0 Å². The molecule has 0 aliphatic carbocycles. The fourth-order valence-corrected chi connectivity index (χ4v) is 5.22. The van der Waals surface area contributed by atoms with Crippen molar-refractivity contribution in [2.24, 2.45) is 10.9 Å². The highest BCUT2D eigenvalue weighted by Crippen LogP contribution is 2.26. The van der Waals surface area contributed by atoms with Gasteiger partial charge in [-0.3, -0.25) is 9.89 Å². The number of aliphatic imine (C=N–C) groups is 1. The van der Waals surface area contributed by atoms with Crippen molar-refractivity contribution in [3.05, 3.63) is 0 Å². The third kappa shape index (κ3) is 4.91. The molecular weight excluding hydrogens is 348 g/mol. The number of rotatable bonds is 4. The summed E-state index contributed by atoms with van der Waals surface area (Å²) in [6, 6.07) is 0. The summed E-state index contributed by atoms with van der Waals surface area (Å²) < 4.78 is 23.8. The molecule has 0 aromatic carbocycles. The Hall–Kier alpha value is -0.820. The van der Waals surface area contributed by atoms with Crippen LogP contribution in [0.1, 0.15) is 54.4 Å². The van der Waals surface area contributed by atoms with E-state index in [1.165, 1.54) is 12.8 Å². The predicted molar refractivity (Wildman–Crippen MR) is 109 cm³/mol. The Morgan fingerprint density at radius 1 is 1.31 bits per heavy atom. The van der Waals surface area contributed by atoms with Crippen molar-refractivity contribution in [2.75, 3.05) is 45.0 Å². The van der Waals surface area contributed by atoms with Crippen LogP contribution in [0.3, 0.4) is 0 Å². The van der Waals surface area contributed by atoms with Gasteiger partial charge in [-0.25, -0.2) is 8.42 Å². The van der Waals surface area contributed by atoms with E-state index < -0.39 is 14.6 Å². The monoisotopic (exact) mass is 386 g/mol. The zero-order valence-corrected chi connectivity index (χ0v) is 18.3. The van der Waals surface area contributed by atoms with Gasteiger partial charge in [-0.05, 0) is 59.9 Å². The fraction of sp³-hybridized carbons (Fsp3) is 0.947. The second-order valence-corrected chi connectivity index (χ2v) is 11.9. The quantitative estimate of drug-likeness (QED) is 0.591. The Bertz CT molecular complexity index is 613. The van der Waals surface area contributed by atoms with Gasteiger partial charge in [0.15, 0.2) is 15.8 Å². The summed E-state index contributed by atoms with van der Waals surface area (Å²) in [5.41, 5.74) is 0.00668. The number of nitrogens with one attached hydrogen (secondary N) is 1. The van der Waals surface area contributed by atoms with Gasteiger partial charge in [-0.1, -0.05) is 6.92 Å². The maximum absolute atomic E-state index is 12.3. The lowest BCUT2D eigenvalue weighted by Gasteiger charge is -2.43. The molecule has 0 aromatic heterocycles. The number of nitrogens with zero attached hydrogens (tertiary/aromatic N) is 3. The van der Waals surface area contributed by atoms with E-state index in [1.54, 1.807) is 0 Å². The highest BCUT2D eigenvalue weighted by molar-refractivity contribution is 7.92. The third-order valence-electron chi connectivity index (χ3n) is 5.81. The Morgan fingerprint density at radius 2 is 2.00 bits per heavy atom. The minimum atomic E-state index is -3.04. The van der Waals surface area contributed by atoms with E-state index in [0.717, 1.165) is 31.5 Å². The Kier molecular flexibility index (Phi) is 6.65. The molecule has 1 atom stereocenters. The minimum Gasteiger partial charge on any atom is -0.357 e. The highest BCUT2D eigenvalue weighted by Gasteiger charge is 2.41. The van der Waals surface area contributed by atoms with E-state index in [0.29, 0.717) is 19.6 Å². The molecule has 2 heterocycles. The first-order valence-electron chi connectivity index (χ1n) is 9.99. The van der Waals surface area contributed by atoms with Crippen molar-refractivity contribution in [1.29, 1.82) is 0 Å². The van der Waals surface area contributed by atoms with Crippen molar-refractivity contribution < 1.29 is 8.42 Å². The van der Waals surface area contributed by atoms with Crippen molar-refractivity contribution in [1.82, 2.24) is 15.1 Å². The number of hydrogen-bond acceptors (Lipinski definition) is 4. The van der Waals surface area contributed by atoms with Crippen molar-refractivity contribution in [3.8, 4) is 0 Å². The third-order valence-corrected chi connectivity index (χ3v) is 8.34. The van der Waals surface area contributed by atoms with Crippen LogP contribution >= 0.6 is 0 Å². The first-order chi connectivity index (χ1) is 12.0. The molecule has 7 heteroatoms. The number of sulfone groups is 1. The average Bonchev–Trinajstić information content (AvgIpc) is 2.54. The van der Waals surface area contributed by atoms with Gasteiger partial charge in [0.25, 0.3) is 0 Å². The molecule has 0 spiro atoms. The Balaban J connectivity index is 2.11. The standard InChI is InChI=1S/C19H38N4O2S/c1-7-20-17(22-11-12-26(24,25)19(5,6)15-22)21-14-18(3,4)23-10-8-9-16(2)13-23/h16H,7-15H2,1-6H3,(H,20,21). The molecule has 26 heavy (non-hydrogen) atoms. The summed E-state index contributed by atoms with van der Waals surface area (Å²) in [5, 5.41) is 3.36. The smallest absolute Gasteiger partial charge is 0.194 e. The number of piperidine rings is 1. The molecule has 6 nitrogen and oxygen atoms in total. The summed E-state index contributed by atoms with van der Waals surface area (Å²) >= 11 is 0. The van der Waals surface area contributed by atoms with E-state index in [2.05, 4.69) is 42.8 Å². The molecule has 0 radical (unpaired) electrons. The van der Waals surface area contributed by atoms with E-state index in [4.69, 9.17) is 4.99 Å². The molecule has 0 amide bonds. The SMILES string of the molecule is CCNC(=NCC(C)(C)N1CCCC(C)C1)N1CCS(=O)(=O)C(C)(C)C1. The molecule has 2 rings (SSSR count). The van der Waals surface area contributed by atoms with E-state index >= 15 is 0 Å². The molecule has 2 aliphatic heterocycles. The molecule has 2 aliphatic rings. The van der Waals surface area contributed by atoms with E-state index in [-0.39, 0.29) is 11.3 Å². The lowest BCUT2D eigenvalue weighted by Crippen LogP contribution is -2.57. The van der Waals surface area contributed by atoms with Crippen LogP contribution in [0.4, 0.5) is 0 Å². The first kappa shape index (κ1) is 21.5.